The second kappa shape index (κ2) is 10.6. The Labute approximate surface area is 227 Å². The summed E-state index contributed by atoms with van der Waals surface area (Å²) in [4.78, 5) is 28.8. The van der Waals surface area contributed by atoms with Crippen LogP contribution in [0.5, 0.6) is 0 Å². The minimum absolute atomic E-state index is 0.123. The third kappa shape index (κ3) is 5.53. The molecule has 5 rings (SSSR count). The predicted molar refractivity (Wildman–Crippen MR) is 147 cm³/mol. The van der Waals surface area contributed by atoms with Gasteiger partial charge in [-0.25, -0.2) is 10.6 Å². The van der Waals surface area contributed by atoms with Crippen LogP contribution in [-0.4, -0.2) is 64.6 Å². The van der Waals surface area contributed by atoms with Crippen molar-refractivity contribution in [1.29, 1.82) is 0 Å². The van der Waals surface area contributed by atoms with E-state index in [0.717, 1.165) is 34.9 Å². The molecule has 0 atom stereocenters. The summed E-state index contributed by atoms with van der Waals surface area (Å²) in [6.07, 6.45) is 1.39. The molecule has 3 heterocycles. The number of benzene rings is 2. The van der Waals surface area contributed by atoms with Gasteiger partial charge in [0.2, 0.25) is 5.91 Å². The molecule has 0 bridgehead atoms. The molecule has 0 aliphatic carbocycles. The SMILES string of the molecule is CC(C)(C)OC(=O)N1CC(C(=O)N2CCC(c3cccc(-c4onc5ccc(/C(=N/N)NN)cc45)c3)CC2)C1. The number of nitrogens with zero attached hydrogens (tertiary/aromatic N) is 4. The number of carbonyl (C=O) groups excluding carboxylic acids is 2. The summed E-state index contributed by atoms with van der Waals surface area (Å²) < 4.78 is 11.1. The van der Waals surface area contributed by atoms with Crippen molar-refractivity contribution in [3.8, 4) is 11.3 Å². The lowest BCUT2D eigenvalue weighted by atomic mass is 9.87. The summed E-state index contributed by atoms with van der Waals surface area (Å²) in [5.74, 6) is 12.3. The number of hydrazone groups is 1. The van der Waals surface area contributed by atoms with Crippen LogP contribution in [0.3, 0.4) is 0 Å². The number of amidine groups is 1. The zero-order valence-corrected chi connectivity index (χ0v) is 22.5. The van der Waals surface area contributed by atoms with Gasteiger partial charge < -0.3 is 30.3 Å². The average molecular weight is 534 g/mol. The number of rotatable bonds is 4. The van der Waals surface area contributed by atoms with Gasteiger partial charge in [-0.3, -0.25) is 4.79 Å². The number of nitrogens with two attached hydrogens (primary N) is 2. The lowest BCUT2D eigenvalue weighted by Crippen LogP contribution is -2.58. The number of hydrogen-bond acceptors (Lipinski definition) is 8. The molecule has 2 amide bonds. The minimum Gasteiger partial charge on any atom is -0.444 e. The molecule has 2 aliphatic rings. The molecule has 2 aromatic carbocycles. The molecular formula is C28H35N7O4. The van der Waals surface area contributed by atoms with Gasteiger partial charge >= 0.3 is 6.09 Å². The maximum atomic E-state index is 13.0. The van der Waals surface area contributed by atoms with Crippen molar-refractivity contribution >= 4 is 28.7 Å². The number of piperidine rings is 1. The Morgan fingerprint density at radius 2 is 1.85 bits per heavy atom. The second-order valence-electron chi connectivity index (χ2n) is 11.2. The van der Waals surface area contributed by atoms with Gasteiger partial charge in [-0.2, -0.15) is 5.10 Å². The molecule has 1 aromatic heterocycles. The van der Waals surface area contributed by atoms with Crippen LogP contribution in [0.15, 0.2) is 52.1 Å². The van der Waals surface area contributed by atoms with E-state index in [2.05, 4.69) is 27.8 Å². The molecule has 0 unspecified atom stereocenters. The summed E-state index contributed by atoms with van der Waals surface area (Å²) >= 11 is 0. The van der Waals surface area contributed by atoms with E-state index in [4.69, 9.17) is 20.9 Å². The molecule has 11 nitrogen and oxygen atoms in total. The van der Waals surface area contributed by atoms with Crippen LogP contribution in [0.2, 0.25) is 0 Å². The lowest BCUT2D eigenvalue weighted by Gasteiger charge is -2.42. The smallest absolute Gasteiger partial charge is 0.410 e. The van der Waals surface area contributed by atoms with Crippen molar-refractivity contribution in [3.05, 3.63) is 53.6 Å². The highest BCUT2D eigenvalue weighted by Crippen LogP contribution is 2.35. The fraction of sp³-hybridized carbons (Fsp3) is 0.429. The first kappa shape index (κ1) is 26.5. The van der Waals surface area contributed by atoms with Crippen molar-refractivity contribution in [1.82, 2.24) is 20.4 Å². The Hall–Kier alpha value is -4.12. The van der Waals surface area contributed by atoms with Crippen molar-refractivity contribution in [3.63, 3.8) is 0 Å². The molecule has 206 valence electrons. The summed E-state index contributed by atoms with van der Waals surface area (Å²) in [5.41, 5.74) is 5.54. The van der Waals surface area contributed by atoms with Crippen molar-refractivity contribution < 1.29 is 18.8 Å². The number of fused-ring (bicyclic) bond motifs is 1. The van der Waals surface area contributed by atoms with E-state index >= 15 is 0 Å². The first-order valence-electron chi connectivity index (χ1n) is 13.2. The standard InChI is InChI=1S/C28H35N7O4/c1-28(2,3)38-27(37)35-15-21(16-35)26(36)34-11-9-17(10-12-34)18-5-4-6-19(13-18)24-22-14-20(25(31-29)32-30)7-8-23(22)33-39-24/h4-8,13-14,17,21H,9-12,15-16,29-30H2,1-3H3,(H,31,32). The normalized spacial score (nSPS) is 17.3. The van der Waals surface area contributed by atoms with Gasteiger partial charge in [0.05, 0.1) is 11.3 Å². The van der Waals surface area contributed by atoms with Crippen LogP contribution in [0.1, 0.15) is 50.7 Å². The van der Waals surface area contributed by atoms with E-state index in [1.54, 1.807) is 4.90 Å². The maximum Gasteiger partial charge on any atom is 0.410 e. The van der Waals surface area contributed by atoms with Crippen molar-refractivity contribution in [2.45, 2.75) is 45.1 Å². The van der Waals surface area contributed by atoms with Gasteiger partial charge in [0, 0.05) is 37.3 Å². The Morgan fingerprint density at radius 3 is 2.51 bits per heavy atom. The molecule has 3 aromatic rings. The van der Waals surface area contributed by atoms with E-state index in [1.807, 2.05) is 56.0 Å². The number of carbonyl (C=O) groups is 2. The number of amides is 2. The Bertz CT molecular complexity index is 1400. The van der Waals surface area contributed by atoms with Crippen LogP contribution in [0.4, 0.5) is 4.79 Å². The summed E-state index contributed by atoms with van der Waals surface area (Å²) in [7, 11) is 0. The number of nitrogens with one attached hydrogen (secondary N) is 1. The molecule has 39 heavy (non-hydrogen) atoms. The van der Waals surface area contributed by atoms with E-state index < -0.39 is 5.60 Å². The topological polar surface area (TPSA) is 152 Å². The van der Waals surface area contributed by atoms with Crippen LogP contribution in [0, 0.1) is 5.92 Å². The monoisotopic (exact) mass is 533 g/mol. The van der Waals surface area contributed by atoms with E-state index in [1.165, 1.54) is 5.56 Å². The summed E-state index contributed by atoms with van der Waals surface area (Å²) in [6, 6.07) is 13.8. The Kier molecular flexibility index (Phi) is 7.17. The maximum absolute atomic E-state index is 13.0. The first-order chi connectivity index (χ1) is 18.7. The highest BCUT2D eigenvalue weighted by Gasteiger charge is 2.40. The van der Waals surface area contributed by atoms with Crippen LogP contribution < -0.4 is 17.1 Å². The molecule has 2 fully saturated rings. The highest BCUT2D eigenvalue weighted by molar-refractivity contribution is 6.03. The minimum atomic E-state index is -0.542. The highest BCUT2D eigenvalue weighted by atomic mass is 16.6. The molecule has 0 spiro atoms. The molecule has 2 saturated heterocycles. The fourth-order valence-corrected chi connectivity index (χ4v) is 5.23. The molecule has 0 radical (unpaired) electrons. The van der Waals surface area contributed by atoms with Gasteiger partial charge in [0.1, 0.15) is 11.1 Å². The van der Waals surface area contributed by atoms with Gasteiger partial charge in [-0.05, 0) is 69.4 Å². The van der Waals surface area contributed by atoms with E-state index in [-0.39, 0.29) is 17.9 Å². The number of aromatic nitrogens is 1. The quantitative estimate of drug-likeness (QED) is 0.200. The zero-order chi connectivity index (χ0) is 27.7. The number of likely N-dealkylation sites (tertiary alicyclic amines) is 2. The zero-order valence-electron chi connectivity index (χ0n) is 22.5. The van der Waals surface area contributed by atoms with Crippen LogP contribution in [0.25, 0.3) is 22.2 Å². The summed E-state index contributed by atoms with van der Waals surface area (Å²) in [6.45, 7) is 7.74. The molecule has 11 heteroatoms. The van der Waals surface area contributed by atoms with Gasteiger partial charge in [0.15, 0.2) is 11.6 Å². The molecular weight excluding hydrogens is 498 g/mol. The molecule has 2 aliphatic heterocycles. The number of hydrazine groups is 1. The number of ether oxygens (including phenoxy) is 1. The van der Waals surface area contributed by atoms with E-state index in [9.17, 15) is 9.59 Å². The Morgan fingerprint density at radius 1 is 1.10 bits per heavy atom. The number of hydrogen-bond donors (Lipinski definition) is 3. The predicted octanol–water partition coefficient (Wildman–Crippen LogP) is 3.15. The molecule has 0 saturated carbocycles. The fourth-order valence-electron chi connectivity index (χ4n) is 5.23. The lowest BCUT2D eigenvalue weighted by molar-refractivity contribution is -0.141. The Balaban J connectivity index is 1.22. The van der Waals surface area contributed by atoms with Gasteiger partial charge in [-0.15, -0.1) is 0 Å². The van der Waals surface area contributed by atoms with Gasteiger partial charge in [-0.1, -0.05) is 23.4 Å². The van der Waals surface area contributed by atoms with Crippen molar-refractivity contribution in [2.75, 3.05) is 26.2 Å². The van der Waals surface area contributed by atoms with E-state index in [0.29, 0.717) is 43.7 Å². The largest absolute Gasteiger partial charge is 0.444 e. The molecule has 5 N–H and O–H groups in total. The second-order valence-corrected chi connectivity index (χ2v) is 11.2. The summed E-state index contributed by atoms with van der Waals surface area (Å²) in [5, 5.41) is 8.73. The third-order valence-electron chi connectivity index (χ3n) is 7.33. The van der Waals surface area contributed by atoms with Crippen LogP contribution >= 0.6 is 0 Å². The third-order valence-corrected chi connectivity index (χ3v) is 7.33. The van der Waals surface area contributed by atoms with Crippen LogP contribution in [-0.2, 0) is 9.53 Å². The average Bonchev–Trinajstić information content (AvgIpc) is 3.31. The first-order valence-corrected chi connectivity index (χ1v) is 13.2. The van der Waals surface area contributed by atoms with Crippen molar-refractivity contribution in [2.24, 2.45) is 22.7 Å². The van der Waals surface area contributed by atoms with Gasteiger partial charge in [0.25, 0.3) is 0 Å².